The van der Waals surface area contributed by atoms with Gasteiger partial charge in [-0.1, -0.05) is 76.6 Å². The van der Waals surface area contributed by atoms with Gasteiger partial charge in [0.25, 0.3) is 0 Å². The van der Waals surface area contributed by atoms with E-state index in [0.29, 0.717) is 0 Å². The van der Waals surface area contributed by atoms with Crippen LogP contribution in [0, 0.1) is 14.9 Å². The van der Waals surface area contributed by atoms with Gasteiger partial charge in [-0.3, -0.25) is 0 Å². The molecule has 0 spiro atoms. The second-order valence-electron chi connectivity index (χ2n) is 5.35. The zero-order chi connectivity index (χ0) is 15.1. The molecule has 4 rings (SSSR count). The molecular weight excluding hydrogens is 407 g/mol. The Bertz CT molecular complexity index is 974. The van der Waals surface area contributed by atoms with Crippen LogP contribution in [0.4, 0.5) is 0 Å². The number of benzene rings is 3. The molecule has 0 saturated carbocycles. The van der Waals surface area contributed by atoms with Gasteiger partial charge in [-0.05, 0) is 6.07 Å². The number of hydrogen-bond donors (Lipinski definition) is 0. The standard InChI is InChI=1S/C20H14ClO.2CH3.Zr/c1-22-19-10-9-16(13-5-3-2-4-6-13)18-12-14-11-15(21)7-8-17(14)20(18)19;;;/h2-12H,1H3;2*1H3;/q3*-1;+3. The van der Waals surface area contributed by atoms with E-state index in [-0.39, 0.29) is 41.1 Å². The van der Waals surface area contributed by atoms with Crippen molar-refractivity contribution >= 4 is 33.1 Å². The van der Waals surface area contributed by atoms with Crippen molar-refractivity contribution in [1.82, 2.24) is 0 Å². The first kappa shape index (κ1) is 21.5. The van der Waals surface area contributed by atoms with Gasteiger partial charge in [0.15, 0.2) is 0 Å². The summed E-state index contributed by atoms with van der Waals surface area (Å²) in [6, 6.07) is 22.8. The molecule has 4 aromatic carbocycles. The fraction of sp³-hybridized carbons (Fsp3) is 0.0455. The molecule has 0 aliphatic rings. The van der Waals surface area contributed by atoms with Gasteiger partial charge in [0.1, 0.15) is 0 Å². The summed E-state index contributed by atoms with van der Waals surface area (Å²) in [5.41, 5.74) is 2.42. The predicted octanol–water partition coefficient (Wildman–Crippen LogP) is 6.94. The van der Waals surface area contributed by atoms with Crippen molar-refractivity contribution in [3.05, 3.63) is 86.6 Å². The molecule has 0 fully saturated rings. The molecule has 1 nitrogen and oxygen atoms in total. The molecule has 0 N–H and O–H groups in total. The molecule has 0 heterocycles. The number of ether oxygens (including phenoxy) is 1. The molecule has 0 aliphatic carbocycles. The summed E-state index contributed by atoms with van der Waals surface area (Å²) in [7, 11) is 1.71. The summed E-state index contributed by atoms with van der Waals surface area (Å²) in [4.78, 5) is 0. The summed E-state index contributed by atoms with van der Waals surface area (Å²) in [5.74, 6) is 0.895. The monoisotopic (exact) mass is 425 g/mol. The molecule has 0 atom stereocenters. The maximum atomic E-state index is 6.15. The number of halogens is 1. The molecular formula is C22H20ClOZr. The Morgan fingerprint density at radius 1 is 0.920 bits per heavy atom. The Hall–Kier alpha value is -1.50. The third kappa shape index (κ3) is 3.71. The molecule has 0 aromatic heterocycles. The SMILES string of the molecule is COc1ccc(-c2ccccc2)c2[cH-]c3cc(Cl)ccc3c12.[CH3-].[CH3-].[Zr+3]. The maximum Gasteiger partial charge on any atom is 3.00 e. The molecule has 125 valence electrons. The molecule has 3 heteroatoms. The van der Waals surface area contributed by atoms with Crippen LogP contribution in [-0.2, 0) is 26.2 Å². The molecule has 1 radical (unpaired) electrons. The van der Waals surface area contributed by atoms with Crippen LogP contribution in [0.25, 0.3) is 32.7 Å². The fourth-order valence-corrected chi connectivity index (χ4v) is 3.28. The first-order chi connectivity index (χ1) is 10.8. The first-order valence-corrected chi connectivity index (χ1v) is 7.57. The van der Waals surface area contributed by atoms with Gasteiger partial charge < -0.3 is 19.6 Å². The van der Waals surface area contributed by atoms with Crippen molar-refractivity contribution < 1.29 is 30.9 Å². The second-order valence-corrected chi connectivity index (χ2v) is 5.78. The van der Waals surface area contributed by atoms with E-state index in [1.807, 2.05) is 24.3 Å². The molecule has 25 heavy (non-hydrogen) atoms. The van der Waals surface area contributed by atoms with Gasteiger partial charge in [0.05, 0.1) is 12.9 Å². The average Bonchev–Trinajstić information content (AvgIpc) is 2.93. The number of hydrogen-bond acceptors (Lipinski definition) is 1. The van der Waals surface area contributed by atoms with Crippen LogP contribution < -0.4 is 4.74 Å². The normalized spacial score (nSPS) is 9.84. The van der Waals surface area contributed by atoms with Gasteiger partial charge in [0.2, 0.25) is 0 Å². The Morgan fingerprint density at radius 3 is 2.32 bits per heavy atom. The van der Waals surface area contributed by atoms with Gasteiger partial charge in [-0.2, -0.15) is 0 Å². The number of rotatable bonds is 2. The third-order valence-electron chi connectivity index (χ3n) is 4.09. The van der Waals surface area contributed by atoms with Crippen molar-refractivity contribution in [2.45, 2.75) is 0 Å². The summed E-state index contributed by atoms with van der Waals surface area (Å²) in [5, 5.41) is 5.42. The van der Waals surface area contributed by atoms with Crippen molar-refractivity contribution in [3.63, 3.8) is 0 Å². The van der Waals surface area contributed by atoms with E-state index >= 15 is 0 Å². The molecule has 0 aliphatic heterocycles. The van der Waals surface area contributed by atoms with E-state index in [1.54, 1.807) is 7.11 Å². The third-order valence-corrected chi connectivity index (χ3v) is 4.33. The summed E-state index contributed by atoms with van der Waals surface area (Å²) < 4.78 is 5.58. The quantitative estimate of drug-likeness (QED) is 0.315. The van der Waals surface area contributed by atoms with Crippen molar-refractivity contribution in [2.24, 2.45) is 0 Å². The number of fused-ring (bicyclic) bond motifs is 3. The largest absolute Gasteiger partial charge is 3.00 e. The minimum Gasteiger partial charge on any atom is -0.505 e. The van der Waals surface area contributed by atoms with Crippen LogP contribution in [0.1, 0.15) is 0 Å². The first-order valence-electron chi connectivity index (χ1n) is 7.19. The van der Waals surface area contributed by atoms with E-state index in [2.05, 4.69) is 42.5 Å². The van der Waals surface area contributed by atoms with Crippen LogP contribution in [0.3, 0.4) is 0 Å². The minimum atomic E-state index is 0. The minimum absolute atomic E-state index is 0. The summed E-state index contributed by atoms with van der Waals surface area (Å²) in [6.07, 6.45) is 0. The zero-order valence-corrected chi connectivity index (χ0v) is 17.9. The van der Waals surface area contributed by atoms with E-state index < -0.39 is 0 Å². The Kier molecular flexibility index (Phi) is 7.53. The van der Waals surface area contributed by atoms with E-state index in [1.165, 1.54) is 21.9 Å². The Labute approximate surface area is 174 Å². The second kappa shape index (κ2) is 8.74. The number of methoxy groups -OCH3 is 1. The fourth-order valence-electron chi connectivity index (χ4n) is 3.10. The zero-order valence-electron chi connectivity index (χ0n) is 14.6. The topological polar surface area (TPSA) is 9.23 Å². The van der Waals surface area contributed by atoms with Crippen molar-refractivity contribution in [3.8, 4) is 16.9 Å². The van der Waals surface area contributed by atoms with Crippen molar-refractivity contribution in [1.29, 1.82) is 0 Å². The molecule has 0 saturated heterocycles. The molecule has 0 amide bonds. The van der Waals surface area contributed by atoms with Gasteiger partial charge in [-0.15, -0.1) is 28.3 Å². The van der Waals surface area contributed by atoms with Gasteiger partial charge in [-0.25, -0.2) is 0 Å². The van der Waals surface area contributed by atoms with Crippen molar-refractivity contribution in [2.75, 3.05) is 7.11 Å². The maximum absolute atomic E-state index is 6.15. The van der Waals surface area contributed by atoms with Gasteiger partial charge in [0, 0.05) is 5.02 Å². The van der Waals surface area contributed by atoms with Crippen LogP contribution in [0.5, 0.6) is 5.75 Å². The van der Waals surface area contributed by atoms with E-state index in [4.69, 9.17) is 16.3 Å². The average molecular weight is 427 g/mol. The predicted molar refractivity (Wildman–Crippen MR) is 107 cm³/mol. The smallest absolute Gasteiger partial charge is 0.505 e. The van der Waals surface area contributed by atoms with Crippen LogP contribution in [0.15, 0.2) is 66.7 Å². The Balaban J connectivity index is 0.00000104. The summed E-state index contributed by atoms with van der Waals surface area (Å²) in [6.45, 7) is 0. The van der Waals surface area contributed by atoms with E-state index in [9.17, 15) is 0 Å². The molecule has 0 unspecified atom stereocenters. The van der Waals surface area contributed by atoms with E-state index in [0.717, 1.165) is 21.5 Å². The van der Waals surface area contributed by atoms with Gasteiger partial charge >= 0.3 is 26.2 Å². The van der Waals surface area contributed by atoms with Crippen LogP contribution in [-0.4, -0.2) is 7.11 Å². The van der Waals surface area contributed by atoms with Crippen LogP contribution >= 0.6 is 11.6 Å². The molecule has 4 aromatic rings. The van der Waals surface area contributed by atoms with Crippen LogP contribution in [0.2, 0.25) is 5.02 Å². The molecule has 0 bridgehead atoms. The summed E-state index contributed by atoms with van der Waals surface area (Å²) >= 11 is 6.15. The Morgan fingerprint density at radius 2 is 1.64 bits per heavy atom.